The number of aromatic nitrogens is 3. The van der Waals surface area contributed by atoms with Crippen molar-refractivity contribution in [3.63, 3.8) is 0 Å². The number of nitrogens with zero attached hydrogens (tertiary/aromatic N) is 3. The van der Waals surface area contributed by atoms with Crippen molar-refractivity contribution >= 4 is 23.0 Å². The van der Waals surface area contributed by atoms with Crippen LogP contribution in [-0.4, -0.2) is 15.0 Å². The summed E-state index contributed by atoms with van der Waals surface area (Å²) in [4.78, 5) is 14.0. The maximum absolute atomic E-state index is 12.9. The van der Waals surface area contributed by atoms with Crippen LogP contribution >= 0.6 is 11.3 Å². The van der Waals surface area contributed by atoms with Crippen LogP contribution in [0.15, 0.2) is 36.5 Å². The van der Waals surface area contributed by atoms with Crippen LogP contribution in [0, 0.1) is 12.7 Å². The minimum atomic E-state index is -0.283. The summed E-state index contributed by atoms with van der Waals surface area (Å²) in [6.07, 6.45) is 1.68. The van der Waals surface area contributed by atoms with Crippen LogP contribution in [0.5, 0.6) is 0 Å². The third kappa shape index (κ3) is 3.10. The van der Waals surface area contributed by atoms with Crippen LogP contribution in [0.25, 0.3) is 10.6 Å². The lowest BCUT2D eigenvalue weighted by molar-refractivity contribution is 0.628. The first-order valence-electron chi connectivity index (χ1n) is 6.68. The second kappa shape index (κ2) is 6.17. The molecule has 0 aliphatic rings. The molecule has 3 aromatic rings. The molecule has 22 heavy (non-hydrogen) atoms. The molecule has 2 aromatic heterocycles. The maximum atomic E-state index is 12.9. The Morgan fingerprint density at radius 1 is 1.18 bits per heavy atom. The minimum Gasteiger partial charge on any atom is -0.325 e. The predicted octanol–water partition coefficient (Wildman–Crippen LogP) is 3.25. The molecule has 0 atom stereocenters. The Balaban J connectivity index is 1.88. The molecule has 0 aliphatic heterocycles. The number of halogens is 1. The Kier molecular flexibility index (Phi) is 4.08. The van der Waals surface area contributed by atoms with E-state index in [0.717, 1.165) is 27.0 Å². The summed E-state index contributed by atoms with van der Waals surface area (Å²) in [6.45, 7) is 2.34. The van der Waals surface area contributed by atoms with Crippen molar-refractivity contribution in [1.82, 2.24) is 15.0 Å². The van der Waals surface area contributed by atoms with E-state index in [9.17, 15) is 4.39 Å². The molecule has 7 heteroatoms. The van der Waals surface area contributed by atoms with Gasteiger partial charge in [0.1, 0.15) is 10.8 Å². The summed E-state index contributed by atoms with van der Waals surface area (Å²) >= 11 is 1.53. The van der Waals surface area contributed by atoms with E-state index in [2.05, 4.69) is 20.3 Å². The van der Waals surface area contributed by atoms with E-state index in [1.54, 1.807) is 18.3 Å². The van der Waals surface area contributed by atoms with Crippen LogP contribution < -0.4 is 11.1 Å². The normalized spacial score (nSPS) is 10.7. The monoisotopic (exact) mass is 315 g/mol. The lowest BCUT2D eigenvalue weighted by atomic mass is 10.3. The quantitative estimate of drug-likeness (QED) is 0.773. The third-order valence-electron chi connectivity index (χ3n) is 3.00. The fourth-order valence-corrected chi connectivity index (χ4v) is 2.90. The van der Waals surface area contributed by atoms with Gasteiger partial charge in [0.25, 0.3) is 0 Å². The highest BCUT2D eigenvalue weighted by Gasteiger charge is 2.11. The Morgan fingerprint density at radius 3 is 2.64 bits per heavy atom. The molecule has 3 N–H and O–H groups in total. The Hall–Kier alpha value is -2.38. The summed E-state index contributed by atoms with van der Waals surface area (Å²) in [5, 5.41) is 3.93. The summed E-state index contributed by atoms with van der Waals surface area (Å²) in [5.74, 6) is 0.168. The zero-order valence-corrected chi connectivity index (χ0v) is 12.7. The first-order chi connectivity index (χ1) is 10.7. The van der Waals surface area contributed by atoms with Gasteiger partial charge in [-0.15, -0.1) is 11.3 Å². The van der Waals surface area contributed by atoms with Gasteiger partial charge >= 0.3 is 0 Å². The number of hydrogen-bond acceptors (Lipinski definition) is 6. The van der Waals surface area contributed by atoms with Gasteiger partial charge in [-0.25, -0.2) is 19.3 Å². The second-order valence-corrected chi connectivity index (χ2v) is 5.71. The van der Waals surface area contributed by atoms with Crippen molar-refractivity contribution in [2.24, 2.45) is 5.73 Å². The highest BCUT2D eigenvalue weighted by atomic mass is 32.1. The Morgan fingerprint density at radius 2 is 1.95 bits per heavy atom. The van der Waals surface area contributed by atoms with Gasteiger partial charge < -0.3 is 11.1 Å². The number of hydrogen-bond donors (Lipinski definition) is 2. The van der Waals surface area contributed by atoms with E-state index >= 15 is 0 Å². The first-order valence-corrected chi connectivity index (χ1v) is 7.50. The second-order valence-electron chi connectivity index (χ2n) is 4.62. The highest BCUT2D eigenvalue weighted by Crippen LogP contribution is 2.29. The molecule has 0 aliphatic carbocycles. The summed E-state index contributed by atoms with van der Waals surface area (Å²) in [5.41, 5.74) is 8.04. The van der Waals surface area contributed by atoms with Crippen LogP contribution in [0.2, 0.25) is 0 Å². The molecule has 5 nitrogen and oxygen atoms in total. The molecular weight excluding hydrogens is 301 g/mol. The van der Waals surface area contributed by atoms with Crippen molar-refractivity contribution in [3.05, 3.63) is 53.0 Å². The van der Waals surface area contributed by atoms with E-state index in [1.165, 1.54) is 23.5 Å². The number of nitrogens with one attached hydrogen (secondary N) is 1. The highest BCUT2D eigenvalue weighted by molar-refractivity contribution is 7.15. The largest absolute Gasteiger partial charge is 0.325 e. The fraction of sp³-hybridized carbons (Fsp3) is 0.133. The lowest BCUT2D eigenvalue weighted by Gasteiger charge is -2.06. The summed E-state index contributed by atoms with van der Waals surface area (Å²) in [6, 6.07) is 7.86. The molecule has 2 heterocycles. The number of rotatable bonds is 4. The summed E-state index contributed by atoms with van der Waals surface area (Å²) < 4.78 is 12.9. The molecule has 0 saturated carbocycles. The molecule has 0 amide bonds. The molecule has 1 aromatic carbocycles. The molecule has 0 bridgehead atoms. The van der Waals surface area contributed by atoms with Gasteiger partial charge in [0.2, 0.25) is 5.95 Å². The number of benzene rings is 1. The van der Waals surface area contributed by atoms with Gasteiger partial charge in [0.05, 0.1) is 16.3 Å². The number of anilines is 2. The van der Waals surface area contributed by atoms with Crippen LogP contribution in [-0.2, 0) is 6.54 Å². The molecule has 112 valence electrons. The smallest absolute Gasteiger partial charge is 0.227 e. The zero-order chi connectivity index (χ0) is 15.5. The van der Waals surface area contributed by atoms with Gasteiger partial charge in [-0.2, -0.15) is 0 Å². The van der Waals surface area contributed by atoms with Crippen LogP contribution in [0.4, 0.5) is 16.0 Å². The van der Waals surface area contributed by atoms with Gasteiger partial charge in [-0.3, -0.25) is 0 Å². The first kappa shape index (κ1) is 14.6. The standard InChI is InChI=1S/C15H14FN5S/c1-9-14(22-13(8-17)19-9)12-6-7-18-15(21-12)20-11-4-2-10(16)3-5-11/h2-7H,8,17H2,1H3,(H,18,20,21). The number of nitrogens with two attached hydrogens (primary N) is 1. The van der Waals surface area contributed by atoms with E-state index in [1.807, 2.05) is 13.0 Å². The van der Waals surface area contributed by atoms with Gasteiger partial charge in [-0.1, -0.05) is 0 Å². The molecular formula is C15H14FN5S. The molecule has 0 fully saturated rings. The fourth-order valence-electron chi connectivity index (χ4n) is 1.98. The Labute approximate surface area is 131 Å². The number of aryl methyl sites for hydroxylation is 1. The number of thiazole rings is 1. The average Bonchev–Trinajstić information content (AvgIpc) is 2.91. The topological polar surface area (TPSA) is 76.7 Å². The molecule has 0 spiro atoms. The van der Waals surface area contributed by atoms with Crippen molar-refractivity contribution in [3.8, 4) is 10.6 Å². The average molecular weight is 315 g/mol. The minimum absolute atomic E-state index is 0.283. The maximum Gasteiger partial charge on any atom is 0.227 e. The van der Waals surface area contributed by atoms with Gasteiger partial charge in [0, 0.05) is 18.4 Å². The SMILES string of the molecule is Cc1nc(CN)sc1-c1ccnc(Nc2ccc(F)cc2)n1. The van der Waals surface area contributed by atoms with Crippen molar-refractivity contribution in [1.29, 1.82) is 0 Å². The predicted molar refractivity (Wildman–Crippen MR) is 85.5 cm³/mol. The van der Waals surface area contributed by atoms with E-state index in [4.69, 9.17) is 5.73 Å². The van der Waals surface area contributed by atoms with Gasteiger partial charge in [0.15, 0.2) is 0 Å². The van der Waals surface area contributed by atoms with Crippen molar-refractivity contribution in [2.75, 3.05) is 5.32 Å². The van der Waals surface area contributed by atoms with E-state index < -0.39 is 0 Å². The van der Waals surface area contributed by atoms with Crippen LogP contribution in [0.3, 0.4) is 0 Å². The molecule has 0 radical (unpaired) electrons. The van der Waals surface area contributed by atoms with E-state index in [-0.39, 0.29) is 5.82 Å². The lowest BCUT2D eigenvalue weighted by Crippen LogP contribution is -1.97. The molecule has 0 unspecified atom stereocenters. The van der Waals surface area contributed by atoms with Crippen LogP contribution in [0.1, 0.15) is 10.7 Å². The van der Waals surface area contributed by atoms with Gasteiger partial charge in [-0.05, 0) is 37.3 Å². The Bertz CT molecular complexity index is 785. The summed E-state index contributed by atoms with van der Waals surface area (Å²) in [7, 11) is 0. The molecule has 0 saturated heterocycles. The molecule has 3 rings (SSSR count). The zero-order valence-electron chi connectivity index (χ0n) is 11.9. The van der Waals surface area contributed by atoms with Crippen molar-refractivity contribution in [2.45, 2.75) is 13.5 Å². The van der Waals surface area contributed by atoms with E-state index in [0.29, 0.717) is 12.5 Å². The van der Waals surface area contributed by atoms with Crippen molar-refractivity contribution < 1.29 is 4.39 Å². The third-order valence-corrected chi connectivity index (χ3v) is 4.21.